The molecule has 2 heteroatoms. The number of ketones is 1. The third-order valence-corrected chi connectivity index (χ3v) is 2.64. The SMILES string of the molecule is CC(=O)[C@@H]1CNC[C@H]1CC(C)C. The topological polar surface area (TPSA) is 29.1 Å². The standard InChI is InChI=1S/C10H19NO/c1-7(2)4-9-5-11-6-10(9)8(3)12/h7,9-11H,4-6H2,1-3H3/t9-,10+/m1/s1. The summed E-state index contributed by atoms with van der Waals surface area (Å²) in [5.41, 5.74) is 0. The van der Waals surface area contributed by atoms with Crippen molar-refractivity contribution >= 4 is 5.78 Å². The van der Waals surface area contributed by atoms with Gasteiger partial charge in [0.1, 0.15) is 5.78 Å². The summed E-state index contributed by atoms with van der Waals surface area (Å²) in [7, 11) is 0. The van der Waals surface area contributed by atoms with Crippen LogP contribution in [0.2, 0.25) is 0 Å². The molecule has 1 saturated heterocycles. The molecule has 0 bridgehead atoms. The number of hydrogen-bond acceptors (Lipinski definition) is 2. The molecule has 0 spiro atoms. The maximum Gasteiger partial charge on any atom is 0.134 e. The molecule has 0 aromatic rings. The molecule has 1 aliphatic heterocycles. The highest BCUT2D eigenvalue weighted by atomic mass is 16.1. The summed E-state index contributed by atoms with van der Waals surface area (Å²) in [5.74, 6) is 1.93. The van der Waals surface area contributed by atoms with E-state index in [4.69, 9.17) is 0 Å². The Labute approximate surface area is 74.7 Å². The molecule has 1 fully saturated rings. The fourth-order valence-electron chi connectivity index (χ4n) is 2.06. The molecule has 0 aromatic heterocycles. The summed E-state index contributed by atoms with van der Waals surface area (Å²) in [6, 6.07) is 0. The second-order valence-corrected chi connectivity index (χ2v) is 4.27. The lowest BCUT2D eigenvalue weighted by Crippen LogP contribution is -2.21. The van der Waals surface area contributed by atoms with Crippen LogP contribution >= 0.6 is 0 Å². The number of carbonyl (C=O) groups is 1. The zero-order valence-corrected chi connectivity index (χ0v) is 8.26. The van der Waals surface area contributed by atoms with Crippen molar-refractivity contribution in [2.75, 3.05) is 13.1 Å². The van der Waals surface area contributed by atoms with Gasteiger partial charge in [0.25, 0.3) is 0 Å². The minimum Gasteiger partial charge on any atom is -0.316 e. The van der Waals surface area contributed by atoms with Crippen molar-refractivity contribution in [3.63, 3.8) is 0 Å². The van der Waals surface area contributed by atoms with E-state index < -0.39 is 0 Å². The first-order valence-corrected chi connectivity index (χ1v) is 4.82. The van der Waals surface area contributed by atoms with Crippen LogP contribution in [0.3, 0.4) is 0 Å². The van der Waals surface area contributed by atoms with Crippen molar-refractivity contribution in [3.05, 3.63) is 0 Å². The second kappa shape index (κ2) is 4.04. The molecule has 2 atom stereocenters. The Morgan fingerprint density at radius 2 is 2.17 bits per heavy atom. The van der Waals surface area contributed by atoms with Gasteiger partial charge in [0.2, 0.25) is 0 Å². The van der Waals surface area contributed by atoms with E-state index in [1.165, 1.54) is 6.42 Å². The monoisotopic (exact) mass is 169 g/mol. The Hall–Kier alpha value is -0.370. The Morgan fingerprint density at radius 3 is 2.67 bits per heavy atom. The van der Waals surface area contributed by atoms with Gasteiger partial charge in [0.15, 0.2) is 0 Å². The zero-order chi connectivity index (χ0) is 9.14. The molecule has 0 amide bonds. The maximum absolute atomic E-state index is 11.2. The fourth-order valence-corrected chi connectivity index (χ4v) is 2.06. The minimum absolute atomic E-state index is 0.285. The normalized spacial score (nSPS) is 29.7. The van der Waals surface area contributed by atoms with Gasteiger partial charge in [-0.15, -0.1) is 0 Å². The lowest BCUT2D eigenvalue weighted by atomic mass is 9.86. The Kier molecular flexibility index (Phi) is 3.27. The Balaban J connectivity index is 2.46. The zero-order valence-electron chi connectivity index (χ0n) is 8.26. The molecular formula is C10H19NO. The maximum atomic E-state index is 11.2. The van der Waals surface area contributed by atoms with Crippen LogP contribution in [-0.2, 0) is 4.79 Å². The first-order chi connectivity index (χ1) is 5.61. The van der Waals surface area contributed by atoms with Gasteiger partial charge in [-0.3, -0.25) is 4.79 Å². The second-order valence-electron chi connectivity index (χ2n) is 4.27. The smallest absolute Gasteiger partial charge is 0.134 e. The average Bonchev–Trinajstić information content (AvgIpc) is 2.33. The van der Waals surface area contributed by atoms with Crippen molar-refractivity contribution in [1.82, 2.24) is 5.32 Å². The molecule has 0 saturated carbocycles. The lowest BCUT2D eigenvalue weighted by Gasteiger charge is -2.17. The third kappa shape index (κ3) is 2.31. The van der Waals surface area contributed by atoms with E-state index in [2.05, 4.69) is 19.2 Å². The number of Topliss-reactive ketones (excluding diaryl/α,β-unsaturated/α-hetero) is 1. The largest absolute Gasteiger partial charge is 0.316 e. The van der Waals surface area contributed by atoms with Crippen LogP contribution < -0.4 is 5.32 Å². The molecular weight excluding hydrogens is 150 g/mol. The number of hydrogen-bond donors (Lipinski definition) is 1. The lowest BCUT2D eigenvalue weighted by molar-refractivity contribution is -0.121. The van der Waals surface area contributed by atoms with Gasteiger partial charge >= 0.3 is 0 Å². The van der Waals surface area contributed by atoms with Crippen molar-refractivity contribution in [3.8, 4) is 0 Å². The van der Waals surface area contributed by atoms with Crippen LogP contribution in [0.25, 0.3) is 0 Å². The van der Waals surface area contributed by atoms with Crippen LogP contribution in [0, 0.1) is 17.8 Å². The molecule has 1 heterocycles. The molecule has 0 aromatic carbocycles. The van der Waals surface area contributed by atoms with Crippen LogP contribution in [0.1, 0.15) is 27.2 Å². The highest BCUT2D eigenvalue weighted by Gasteiger charge is 2.30. The molecule has 0 unspecified atom stereocenters. The van der Waals surface area contributed by atoms with Crippen molar-refractivity contribution in [1.29, 1.82) is 0 Å². The van der Waals surface area contributed by atoms with E-state index in [1.54, 1.807) is 6.92 Å². The van der Waals surface area contributed by atoms with E-state index in [-0.39, 0.29) is 5.92 Å². The van der Waals surface area contributed by atoms with Gasteiger partial charge in [0, 0.05) is 12.5 Å². The summed E-state index contributed by atoms with van der Waals surface area (Å²) in [4.78, 5) is 11.2. The van der Waals surface area contributed by atoms with Crippen LogP contribution in [0.5, 0.6) is 0 Å². The van der Waals surface area contributed by atoms with Gasteiger partial charge in [-0.2, -0.15) is 0 Å². The average molecular weight is 169 g/mol. The van der Waals surface area contributed by atoms with Gasteiger partial charge < -0.3 is 5.32 Å². The minimum atomic E-state index is 0.285. The van der Waals surface area contributed by atoms with E-state index in [9.17, 15) is 4.79 Å². The summed E-state index contributed by atoms with van der Waals surface area (Å²) < 4.78 is 0. The highest BCUT2D eigenvalue weighted by molar-refractivity contribution is 5.79. The van der Waals surface area contributed by atoms with Gasteiger partial charge in [-0.05, 0) is 31.7 Å². The molecule has 70 valence electrons. The summed E-state index contributed by atoms with van der Waals surface area (Å²) in [5, 5.41) is 3.29. The molecule has 12 heavy (non-hydrogen) atoms. The van der Waals surface area contributed by atoms with Crippen LogP contribution in [-0.4, -0.2) is 18.9 Å². The summed E-state index contributed by atoms with van der Waals surface area (Å²) in [6.45, 7) is 8.07. The first kappa shape index (κ1) is 9.72. The van der Waals surface area contributed by atoms with Crippen molar-refractivity contribution in [2.24, 2.45) is 17.8 Å². The van der Waals surface area contributed by atoms with E-state index >= 15 is 0 Å². The first-order valence-electron chi connectivity index (χ1n) is 4.82. The van der Waals surface area contributed by atoms with Gasteiger partial charge in [-0.25, -0.2) is 0 Å². The molecule has 1 N–H and O–H groups in total. The number of nitrogens with one attached hydrogen (secondary N) is 1. The molecule has 0 radical (unpaired) electrons. The van der Waals surface area contributed by atoms with Gasteiger partial charge in [0.05, 0.1) is 0 Å². The van der Waals surface area contributed by atoms with Gasteiger partial charge in [-0.1, -0.05) is 13.8 Å². The summed E-state index contributed by atoms with van der Waals surface area (Å²) in [6.07, 6.45) is 1.18. The Morgan fingerprint density at radius 1 is 1.50 bits per heavy atom. The fraction of sp³-hybridized carbons (Fsp3) is 0.900. The third-order valence-electron chi connectivity index (χ3n) is 2.64. The van der Waals surface area contributed by atoms with E-state index in [0.717, 1.165) is 13.1 Å². The Bertz CT molecular complexity index is 165. The highest BCUT2D eigenvalue weighted by Crippen LogP contribution is 2.24. The number of carbonyl (C=O) groups excluding carboxylic acids is 1. The molecule has 0 aliphatic carbocycles. The predicted octanol–water partition coefficient (Wildman–Crippen LogP) is 1.46. The number of rotatable bonds is 3. The van der Waals surface area contributed by atoms with Crippen molar-refractivity contribution < 1.29 is 4.79 Å². The van der Waals surface area contributed by atoms with Crippen LogP contribution in [0.4, 0.5) is 0 Å². The molecule has 2 nitrogen and oxygen atoms in total. The quantitative estimate of drug-likeness (QED) is 0.693. The summed E-state index contributed by atoms with van der Waals surface area (Å²) >= 11 is 0. The van der Waals surface area contributed by atoms with Crippen molar-refractivity contribution in [2.45, 2.75) is 27.2 Å². The predicted molar refractivity (Wildman–Crippen MR) is 50.0 cm³/mol. The molecule has 1 rings (SSSR count). The molecule has 1 aliphatic rings. The van der Waals surface area contributed by atoms with E-state index in [1.807, 2.05) is 0 Å². The van der Waals surface area contributed by atoms with Crippen LogP contribution in [0.15, 0.2) is 0 Å². The van der Waals surface area contributed by atoms with E-state index in [0.29, 0.717) is 17.6 Å².